The van der Waals surface area contributed by atoms with Crippen molar-refractivity contribution >= 4 is 46.6 Å². The van der Waals surface area contributed by atoms with Gasteiger partial charge < -0.3 is 30.7 Å². The largest absolute Gasteiger partial charge is 0.461 e. The number of carbonyl (C=O) groups is 2. The van der Waals surface area contributed by atoms with Crippen molar-refractivity contribution in [3.63, 3.8) is 0 Å². The maximum absolute atomic E-state index is 12.3. The van der Waals surface area contributed by atoms with E-state index in [4.69, 9.17) is 32.7 Å². The Labute approximate surface area is 245 Å². The van der Waals surface area contributed by atoms with Crippen molar-refractivity contribution in [2.75, 3.05) is 36.9 Å². The summed E-state index contributed by atoms with van der Waals surface area (Å²) in [5.74, 6) is 0. The molecule has 4 N–H and O–H groups in total. The second-order valence-corrected chi connectivity index (χ2v) is 9.19. The predicted octanol–water partition coefficient (Wildman–Crippen LogP) is 3.20. The zero-order valence-corrected chi connectivity index (χ0v) is 23.8. The number of aromatic nitrogens is 8. The molecule has 0 saturated heterocycles. The Bertz CT molecular complexity index is 1240. The number of halogens is 2. The summed E-state index contributed by atoms with van der Waals surface area (Å²) >= 11 is 11.0. The zero-order chi connectivity index (χ0) is 29.3. The number of anilines is 2. The van der Waals surface area contributed by atoms with Crippen molar-refractivity contribution < 1.29 is 19.1 Å². The number of hydrogen-bond acceptors (Lipinski definition) is 12. The van der Waals surface area contributed by atoms with Crippen LogP contribution in [-0.2, 0) is 0 Å². The molecule has 0 fully saturated rings. The standard InChI is InChI=1S/C23H30Cl2N12O4/c1-15-8-9-16(28-20(38)26-10-4-2-6-12-40-22-34-30-18(24)31-35-22)14-17(15)29-21(39)27-11-5-3-7-13-41-23-36-32-19(25)33-37-23/h8-9,14H,2-7,10-13H2,1H3,(H2,26,28,38)(H2,27,29,39). The van der Waals surface area contributed by atoms with E-state index in [0.29, 0.717) is 37.7 Å². The third kappa shape index (κ3) is 12.7. The van der Waals surface area contributed by atoms with Crippen LogP contribution in [0.1, 0.15) is 44.1 Å². The zero-order valence-electron chi connectivity index (χ0n) is 22.3. The van der Waals surface area contributed by atoms with Gasteiger partial charge >= 0.3 is 24.1 Å². The summed E-state index contributed by atoms with van der Waals surface area (Å²) in [5.41, 5.74) is 2.00. The van der Waals surface area contributed by atoms with Gasteiger partial charge in [0.1, 0.15) is 0 Å². The SMILES string of the molecule is Cc1ccc(NC(=O)NCCCCCOc2nnc(Cl)nn2)cc1NC(=O)NCCCCCOc1nnc(Cl)nn1. The number of carbonyl (C=O) groups excluding carboxylic acids is 2. The van der Waals surface area contributed by atoms with E-state index in [2.05, 4.69) is 62.1 Å². The molecule has 1 aromatic carbocycles. The summed E-state index contributed by atoms with van der Waals surface area (Å²) in [6.45, 7) is 3.64. The second-order valence-electron chi connectivity index (χ2n) is 8.51. The lowest BCUT2D eigenvalue weighted by molar-refractivity contribution is 0.250. The Morgan fingerprint density at radius 3 is 1.68 bits per heavy atom. The van der Waals surface area contributed by atoms with Crippen molar-refractivity contribution in [2.45, 2.75) is 45.4 Å². The van der Waals surface area contributed by atoms with E-state index in [9.17, 15) is 9.59 Å². The van der Waals surface area contributed by atoms with Crippen LogP contribution in [-0.4, -0.2) is 79.2 Å². The maximum Gasteiger partial charge on any atom is 0.355 e. The van der Waals surface area contributed by atoms with E-state index in [1.165, 1.54) is 0 Å². The van der Waals surface area contributed by atoms with E-state index >= 15 is 0 Å². The molecule has 2 aromatic heterocycles. The molecule has 0 atom stereocenters. The average molecular weight is 609 g/mol. The van der Waals surface area contributed by atoms with E-state index in [1.807, 2.05) is 13.0 Å². The van der Waals surface area contributed by atoms with Gasteiger partial charge in [0.2, 0.25) is 0 Å². The quantitative estimate of drug-likeness (QED) is 0.173. The molecule has 0 spiro atoms. The fourth-order valence-corrected chi connectivity index (χ4v) is 3.40. The minimum Gasteiger partial charge on any atom is -0.461 e. The van der Waals surface area contributed by atoms with Gasteiger partial charge in [-0.05, 0) is 86.3 Å². The summed E-state index contributed by atoms with van der Waals surface area (Å²) < 4.78 is 10.6. The third-order valence-electron chi connectivity index (χ3n) is 5.29. The number of nitrogens with one attached hydrogen (secondary N) is 4. The van der Waals surface area contributed by atoms with Gasteiger partial charge in [0.25, 0.3) is 10.6 Å². The number of amides is 4. The molecule has 41 heavy (non-hydrogen) atoms. The first-order valence-electron chi connectivity index (χ1n) is 12.8. The molecule has 3 rings (SSSR count). The number of rotatable bonds is 16. The van der Waals surface area contributed by atoms with Gasteiger partial charge in [0, 0.05) is 24.5 Å². The molecule has 0 radical (unpaired) electrons. The van der Waals surface area contributed by atoms with Crippen molar-refractivity contribution in [2.24, 2.45) is 0 Å². The van der Waals surface area contributed by atoms with E-state index in [0.717, 1.165) is 44.1 Å². The van der Waals surface area contributed by atoms with Gasteiger partial charge in [-0.1, -0.05) is 26.5 Å². The Morgan fingerprint density at radius 2 is 1.17 bits per heavy atom. The van der Waals surface area contributed by atoms with Gasteiger partial charge in [-0.15, -0.1) is 20.4 Å². The first kappa shape index (κ1) is 31.3. The number of aryl methyl sites for hydroxylation is 1. The smallest absolute Gasteiger partial charge is 0.355 e. The number of nitrogens with zero attached hydrogens (tertiary/aromatic N) is 8. The molecule has 2 heterocycles. The molecule has 220 valence electrons. The molecule has 0 unspecified atom stereocenters. The fraction of sp³-hybridized carbons (Fsp3) is 0.478. The Hall–Kier alpha value is -4.18. The normalized spacial score (nSPS) is 10.5. The topological polar surface area (TPSA) is 204 Å². The number of hydrogen-bond donors (Lipinski definition) is 4. The van der Waals surface area contributed by atoms with Gasteiger partial charge in [-0.25, -0.2) is 9.59 Å². The first-order valence-corrected chi connectivity index (χ1v) is 13.6. The number of urea groups is 2. The van der Waals surface area contributed by atoms with Crippen LogP contribution in [0, 0.1) is 6.92 Å². The molecule has 3 aromatic rings. The van der Waals surface area contributed by atoms with E-state index in [-0.39, 0.29) is 34.7 Å². The van der Waals surface area contributed by atoms with Crippen LogP contribution < -0.4 is 30.7 Å². The third-order valence-corrected chi connectivity index (χ3v) is 5.59. The van der Waals surface area contributed by atoms with Gasteiger partial charge in [-0.3, -0.25) is 0 Å². The summed E-state index contributed by atoms with van der Waals surface area (Å²) in [6.07, 6.45) is 4.65. The highest BCUT2D eigenvalue weighted by molar-refractivity contribution is 6.28. The minimum absolute atomic E-state index is 0.0459. The second kappa shape index (κ2) is 17.5. The molecule has 0 aliphatic heterocycles. The van der Waals surface area contributed by atoms with Crippen LogP contribution in [0.25, 0.3) is 0 Å². The van der Waals surface area contributed by atoms with Crippen LogP contribution in [0.15, 0.2) is 18.2 Å². The van der Waals surface area contributed by atoms with Crippen LogP contribution in [0.5, 0.6) is 12.0 Å². The molecule has 16 nitrogen and oxygen atoms in total. The van der Waals surface area contributed by atoms with Gasteiger partial charge in [0.05, 0.1) is 13.2 Å². The highest BCUT2D eigenvalue weighted by atomic mass is 35.5. The number of ether oxygens (including phenoxy) is 2. The van der Waals surface area contributed by atoms with Crippen molar-refractivity contribution in [3.8, 4) is 12.0 Å². The maximum atomic E-state index is 12.3. The van der Waals surface area contributed by atoms with Crippen LogP contribution in [0.3, 0.4) is 0 Å². The lowest BCUT2D eigenvalue weighted by Crippen LogP contribution is -2.30. The number of benzene rings is 1. The summed E-state index contributed by atoms with van der Waals surface area (Å²) in [7, 11) is 0. The first-order chi connectivity index (χ1) is 19.9. The predicted molar refractivity (Wildman–Crippen MR) is 149 cm³/mol. The molecule has 0 aliphatic rings. The molecule has 0 saturated carbocycles. The average Bonchev–Trinajstić information content (AvgIpc) is 2.95. The lowest BCUT2D eigenvalue weighted by atomic mass is 10.2. The highest BCUT2D eigenvalue weighted by Crippen LogP contribution is 2.20. The molecule has 18 heteroatoms. The highest BCUT2D eigenvalue weighted by Gasteiger charge is 2.08. The van der Waals surface area contributed by atoms with Crippen LogP contribution >= 0.6 is 23.2 Å². The van der Waals surface area contributed by atoms with Gasteiger partial charge in [0.15, 0.2) is 0 Å². The van der Waals surface area contributed by atoms with Crippen molar-refractivity contribution in [1.29, 1.82) is 0 Å². The molecule has 0 bridgehead atoms. The van der Waals surface area contributed by atoms with Gasteiger partial charge in [-0.2, -0.15) is 0 Å². The Balaban J connectivity index is 1.24. The summed E-state index contributed by atoms with van der Waals surface area (Å²) in [4.78, 5) is 24.6. The lowest BCUT2D eigenvalue weighted by Gasteiger charge is -2.13. The Morgan fingerprint density at radius 1 is 0.683 bits per heavy atom. The molecule has 0 aliphatic carbocycles. The van der Waals surface area contributed by atoms with E-state index in [1.54, 1.807) is 12.1 Å². The molecular formula is C23H30Cl2N12O4. The van der Waals surface area contributed by atoms with Crippen LogP contribution in [0.4, 0.5) is 21.0 Å². The molecular weight excluding hydrogens is 579 g/mol. The summed E-state index contributed by atoms with van der Waals surface area (Å²) in [6, 6.07) is 4.74. The molecule has 4 amide bonds. The number of unbranched alkanes of at least 4 members (excludes halogenated alkanes) is 4. The summed E-state index contributed by atoms with van der Waals surface area (Å²) in [5, 5.41) is 39.9. The monoisotopic (exact) mass is 608 g/mol. The van der Waals surface area contributed by atoms with Crippen LogP contribution in [0.2, 0.25) is 10.6 Å². The van der Waals surface area contributed by atoms with Crippen molar-refractivity contribution in [3.05, 3.63) is 34.3 Å². The fourth-order valence-electron chi connectivity index (χ4n) is 3.25. The van der Waals surface area contributed by atoms with E-state index < -0.39 is 0 Å². The Kier molecular flexibility index (Phi) is 13.4. The van der Waals surface area contributed by atoms with Crippen molar-refractivity contribution in [1.82, 2.24) is 51.4 Å². The minimum atomic E-state index is -0.341.